The van der Waals surface area contributed by atoms with E-state index in [-0.39, 0.29) is 17.3 Å². The van der Waals surface area contributed by atoms with E-state index in [1.54, 1.807) is 38.3 Å². The number of ketones is 3. The number of hydrogen-bond donors (Lipinski definition) is 0. The van der Waals surface area contributed by atoms with Crippen molar-refractivity contribution in [1.29, 1.82) is 0 Å². The third-order valence-electron chi connectivity index (χ3n) is 7.83. The molecule has 0 saturated carbocycles. The van der Waals surface area contributed by atoms with Crippen LogP contribution >= 0.6 is 0 Å². The van der Waals surface area contributed by atoms with Crippen LogP contribution in [0.2, 0.25) is 0 Å². The maximum Gasteiger partial charge on any atom is 0.180 e. The third kappa shape index (κ3) is 2.72. The fraction of sp³-hybridized carbons (Fsp3) is 0.233. The lowest BCUT2D eigenvalue weighted by Gasteiger charge is -2.37. The molecule has 174 valence electrons. The largest absolute Gasteiger partial charge is 0.497 e. The van der Waals surface area contributed by atoms with Gasteiger partial charge in [-0.15, -0.1) is 0 Å². The summed E-state index contributed by atoms with van der Waals surface area (Å²) < 4.78 is 5.49. The molecule has 5 heteroatoms. The number of carbonyl (C=O) groups excluding carboxylic acids is 3. The van der Waals surface area contributed by atoms with Crippen molar-refractivity contribution in [3.05, 3.63) is 101 Å². The molecule has 0 bridgehead atoms. The second-order valence-electron chi connectivity index (χ2n) is 9.66. The van der Waals surface area contributed by atoms with Crippen LogP contribution in [0.4, 0.5) is 5.69 Å². The summed E-state index contributed by atoms with van der Waals surface area (Å²) in [5.41, 5.74) is 3.04. The Morgan fingerprint density at radius 3 is 2.31 bits per heavy atom. The number of anilines is 1. The average molecular weight is 464 g/mol. The van der Waals surface area contributed by atoms with Gasteiger partial charge >= 0.3 is 0 Å². The molecule has 1 saturated heterocycles. The van der Waals surface area contributed by atoms with Crippen molar-refractivity contribution < 1.29 is 19.1 Å². The molecule has 6 rings (SSSR count). The molecule has 5 nitrogen and oxygen atoms in total. The molecule has 3 aromatic carbocycles. The second kappa shape index (κ2) is 7.51. The molecule has 2 heterocycles. The lowest BCUT2D eigenvalue weighted by Crippen LogP contribution is -2.48. The highest BCUT2D eigenvalue weighted by Gasteiger charge is 2.71. The Labute approximate surface area is 204 Å². The highest BCUT2D eigenvalue weighted by molar-refractivity contribution is 6.32. The first-order valence-electron chi connectivity index (χ1n) is 11.8. The topological polar surface area (TPSA) is 63.7 Å². The number of carbonyl (C=O) groups is 3. The summed E-state index contributed by atoms with van der Waals surface area (Å²) in [7, 11) is 1.58. The molecule has 1 fully saturated rings. The number of ether oxygens (including phenoxy) is 1. The number of fused-ring (bicyclic) bond motifs is 5. The molecule has 0 unspecified atom stereocenters. The smallest absolute Gasteiger partial charge is 0.180 e. The van der Waals surface area contributed by atoms with Crippen LogP contribution in [0.15, 0.2) is 72.8 Å². The van der Waals surface area contributed by atoms with Crippen LogP contribution in [0.25, 0.3) is 6.08 Å². The second-order valence-corrected chi connectivity index (χ2v) is 9.66. The van der Waals surface area contributed by atoms with E-state index in [4.69, 9.17) is 4.74 Å². The van der Waals surface area contributed by atoms with Gasteiger partial charge in [0.15, 0.2) is 17.3 Å². The molecule has 1 spiro atoms. The zero-order valence-corrected chi connectivity index (χ0v) is 19.8. The summed E-state index contributed by atoms with van der Waals surface area (Å²) in [4.78, 5) is 44.2. The Bertz CT molecular complexity index is 1420. The first-order chi connectivity index (χ1) is 16.9. The number of aryl methyl sites for hydroxylation is 1. The molecule has 3 aliphatic rings. The van der Waals surface area contributed by atoms with E-state index in [1.165, 1.54) is 0 Å². The van der Waals surface area contributed by atoms with Gasteiger partial charge in [-0.3, -0.25) is 14.4 Å². The van der Waals surface area contributed by atoms with Crippen molar-refractivity contribution in [2.45, 2.75) is 31.8 Å². The van der Waals surface area contributed by atoms with Crippen LogP contribution in [-0.4, -0.2) is 36.5 Å². The highest BCUT2D eigenvalue weighted by atomic mass is 16.5. The van der Waals surface area contributed by atoms with Gasteiger partial charge in [0.2, 0.25) is 0 Å². The summed E-state index contributed by atoms with van der Waals surface area (Å²) in [6.07, 6.45) is 3.92. The first-order valence-corrected chi connectivity index (χ1v) is 11.8. The maximum absolute atomic E-state index is 14.3. The van der Waals surface area contributed by atoms with Crippen molar-refractivity contribution in [2.75, 3.05) is 12.0 Å². The molecule has 2 aliphatic heterocycles. The van der Waals surface area contributed by atoms with E-state index in [0.29, 0.717) is 16.9 Å². The van der Waals surface area contributed by atoms with E-state index < -0.39 is 23.4 Å². The quantitative estimate of drug-likeness (QED) is 0.510. The standard InChI is InChI=1S/C30H25NO4/c1-17-11-12-19-13-14-25-30(28(33)22-9-4-5-10-23(22)29(30)34)26(20-7-6-8-21(16-20)35-3)27(18(2)32)31(25)24(19)15-17/h4-16,25-27H,1-3H3/t25-,26-,27-/m0/s1. The van der Waals surface area contributed by atoms with Crippen LogP contribution in [-0.2, 0) is 4.79 Å². The summed E-state index contributed by atoms with van der Waals surface area (Å²) in [5.74, 6) is -0.578. The summed E-state index contributed by atoms with van der Waals surface area (Å²) in [6.45, 7) is 3.56. The predicted octanol–water partition coefficient (Wildman–Crippen LogP) is 5.03. The maximum atomic E-state index is 14.3. The van der Waals surface area contributed by atoms with Crippen molar-refractivity contribution >= 4 is 29.1 Å². The zero-order valence-electron chi connectivity index (χ0n) is 19.8. The van der Waals surface area contributed by atoms with Gasteiger partial charge in [-0.1, -0.05) is 60.7 Å². The fourth-order valence-corrected chi connectivity index (χ4v) is 6.43. The van der Waals surface area contributed by atoms with Crippen molar-refractivity contribution in [2.24, 2.45) is 5.41 Å². The van der Waals surface area contributed by atoms with Crippen LogP contribution < -0.4 is 9.64 Å². The lowest BCUT2D eigenvalue weighted by atomic mass is 9.64. The van der Waals surface area contributed by atoms with Gasteiger partial charge < -0.3 is 9.64 Å². The first kappa shape index (κ1) is 21.5. The van der Waals surface area contributed by atoms with Gasteiger partial charge in [-0.05, 0) is 48.7 Å². The molecule has 3 aromatic rings. The molecule has 3 atom stereocenters. The molecular formula is C30H25NO4. The van der Waals surface area contributed by atoms with E-state index >= 15 is 0 Å². The van der Waals surface area contributed by atoms with Crippen LogP contribution in [0.5, 0.6) is 5.75 Å². The van der Waals surface area contributed by atoms with Gasteiger partial charge in [0.05, 0.1) is 19.2 Å². The van der Waals surface area contributed by atoms with E-state index in [0.717, 1.165) is 22.4 Å². The summed E-state index contributed by atoms with van der Waals surface area (Å²) in [6, 6.07) is 19.3. The molecule has 0 aromatic heterocycles. The number of Topliss-reactive ketones (excluding diaryl/α,β-unsaturated/α-hetero) is 3. The van der Waals surface area contributed by atoms with Crippen molar-refractivity contribution in [3.63, 3.8) is 0 Å². The Morgan fingerprint density at radius 2 is 1.66 bits per heavy atom. The zero-order chi connectivity index (χ0) is 24.5. The van der Waals surface area contributed by atoms with Crippen molar-refractivity contribution in [1.82, 2.24) is 0 Å². The predicted molar refractivity (Wildman–Crippen MR) is 134 cm³/mol. The molecule has 0 radical (unpaired) electrons. The molecule has 0 N–H and O–H groups in total. The average Bonchev–Trinajstić information content (AvgIpc) is 3.31. The Balaban J connectivity index is 1.69. The minimum absolute atomic E-state index is 0.0843. The number of hydrogen-bond acceptors (Lipinski definition) is 5. The molecule has 0 amide bonds. The third-order valence-corrected chi connectivity index (χ3v) is 7.83. The SMILES string of the molecule is COc1cccc([C@H]2[C@H](C(C)=O)N3c4cc(C)ccc4C=C[C@H]3C23C(=O)c2ccccc2C3=O)c1. The fourth-order valence-electron chi connectivity index (χ4n) is 6.43. The number of methoxy groups -OCH3 is 1. The lowest BCUT2D eigenvalue weighted by molar-refractivity contribution is -0.118. The Kier molecular flexibility index (Phi) is 4.62. The normalized spacial score (nSPS) is 23.3. The minimum atomic E-state index is -1.45. The van der Waals surface area contributed by atoms with E-state index in [9.17, 15) is 14.4 Å². The summed E-state index contributed by atoms with van der Waals surface area (Å²) >= 11 is 0. The monoisotopic (exact) mass is 463 g/mol. The van der Waals surface area contributed by atoms with E-state index in [1.807, 2.05) is 66.4 Å². The van der Waals surface area contributed by atoms with E-state index in [2.05, 4.69) is 0 Å². The molecular weight excluding hydrogens is 438 g/mol. The Morgan fingerprint density at radius 1 is 0.943 bits per heavy atom. The Hall–Kier alpha value is -3.99. The number of benzene rings is 3. The van der Waals surface area contributed by atoms with Gasteiger partial charge in [0.25, 0.3) is 0 Å². The van der Waals surface area contributed by atoms with Gasteiger partial charge in [-0.25, -0.2) is 0 Å². The highest BCUT2D eigenvalue weighted by Crippen LogP contribution is 2.60. The van der Waals surface area contributed by atoms with Gasteiger partial charge in [-0.2, -0.15) is 0 Å². The van der Waals surface area contributed by atoms with Crippen LogP contribution in [0.1, 0.15) is 50.2 Å². The van der Waals surface area contributed by atoms with Gasteiger partial charge in [0, 0.05) is 22.7 Å². The van der Waals surface area contributed by atoms with Crippen LogP contribution in [0, 0.1) is 12.3 Å². The molecule has 1 aliphatic carbocycles. The van der Waals surface area contributed by atoms with Crippen molar-refractivity contribution in [3.8, 4) is 5.75 Å². The number of nitrogens with zero attached hydrogens (tertiary/aromatic N) is 1. The van der Waals surface area contributed by atoms with Gasteiger partial charge in [0.1, 0.15) is 11.2 Å². The summed E-state index contributed by atoms with van der Waals surface area (Å²) in [5, 5.41) is 0. The van der Waals surface area contributed by atoms with Crippen LogP contribution in [0.3, 0.4) is 0 Å². The minimum Gasteiger partial charge on any atom is -0.497 e. The molecule has 35 heavy (non-hydrogen) atoms. The number of rotatable bonds is 3.